The summed E-state index contributed by atoms with van der Waals surface area (Å²) in [5.74, 6) is -0.792. The Bertz CT molecular complexity index is 1410. The van der Waals surface area contributed by atoms with Crippen LogP contribution in [0.15, 0.2) is 55.3 Å². The van der Waals surface area contributed by atoms with Crippen molar-refractivity contribution in [2.24, 2.45) is 0 Å². The van der Waals surface area contributed by atoms with Gasteiger partial charge < -0.3 is 15.6 Å². The fraction of sp³-hybridized carbons (Fsp3) is 0.308. The summed E-state index contributed by atoms with van der Waals surface area (Å²) in [4.78, 5) is 29.4. The minimum atomic E-state index is -4.59. The number of amides is 1. The number of hydrogen-bond acceptors (Lipinski definition) is 9. The Kier molecular flexibility index (Phi) is 7.80. The number of nitrogens with zero attached hydrogens (tertiary/aromatic N) is 6. The molecule has 3 aromatic heterocycles. The largest absolute Gasteiger partial charge is 0.416 e. The number of halogens is 4. The number of piperazine rings is 1. The SMILES string of the molecule is Cc1ncc(NC(=O)c2cc(C(F)(F)F)ccn2)cc1N1C=C(c2cncc(N3CCN(CCF)CC3)c2)NN1. The van der Waals surface area contributed by atoms with Crippen molar-refractivity contribution in [3.63, 3.8) is 0 Å². The summed E-state index contributed by atoms with van der Waals surface area (Å²) < 4.78 is 51.7. The summed E-state index contributed by atoms with van der Waals surface area (Å²) in [6, 6.07) is 5.17. The van der Waals surface area contributed by atoms with Crippen LogP contribution in [-0.4, -0.2) is 65.2 Å². The quantitative estimate of drug-likeness (QED) is 0.378. The van der Waals surface area contributed by atoms with E-state index < -0.39 is 17.6 Å². The van der Waals surface area contributed by atoms with Gasteiger partial charge in [0.2, 0.25) is 0 Å². The minimum Gasteiger partial charge on any atom is -0.368 e. The Morgan fingerprint density at radius 1 is 1.07 bits per heavy atom. The molecule has 14 heteroatoms. The highest BCUT2D eigenvalue weighted by Gasteiger charge is 2.31. The van der Waals surface area contributed by atoms with E-state index >= 15 is 0 Å². The number of anilines is 3. The molecule has 1 amide bonds. The number of carbonyl (C=O) groups excluding carboxylic acids is 1. The number of nitrogens with one attached hydrogen (secondary N) is 3. The number of hydrazine groups is 2. The van der Waals surface area contributed by atoms with E-state index in [1.54, 1.807) is 30.4 Å². The number of rotatable bonds is 7. The van der Waals surface area contributed by atoms with Gasteiger partial charge in [-0.25, -0.2) is 4.39 Å². The van der Waals surface area contributed by atoms with Crippen LogP contribution in [0.2, 0.25) is 0 Å². The van der Waals surface area contributed by atoms with Gasteiger partial charge in [-0.15, -0.1) is 5.53 Å². The Morgan fingerprint density at radius 3 is 2.62 bits per heavy atom. The first kappa shape index (κ1) is 27.3. The molecule has 5 heterocycles. The lowest BCUT2D eigenvalue weighted by molar-refractivity contribution is -0.137. The van der Waals surface area contributed by atoms with Crippen molar-refractivity contribution in [1.82, 2.24) is 30.8 Å². The van der Waals surface area contributed by atoms with Crippen molar-refractivity contribution in [2.75, 3.05) is 54.6 Å². The molecule has 1 fully saturated rings. The highest BCUT2D eigenvalue weighted by molar-refractivity contribution is 6.03. The van der Waals surface area contributed by atoms with Gasteiger partial charge in [0.25, 0.3) is 5.91 Å². The summed E-state index contributed by atoms with van der Waals surface area (Å²) in [6.07, 6.45) is 3.11. The highest BCUT2D eigenvalue weighted by Crippen LogP contribution is 2.30. The minimum absolute atomic E-state index is 0.282. The average molecular weight is 558 g/mol. The van der Waals surface area contributed by atoms with Gasteiger partial charge in [-0.05, 0) is 31.2 Å². The van der Waals surface area contributed by atoms with Crippen LogP contribution in [-0.2, 0) is 6.18 Å². The van der Waals surface area contributed by atoms with Crippen molar-refractivity contribution in [2.45, 2.75) is 13.1 Å². The van der Waals surface area contributed by atoms with Gasteiger partial charge in [-0.3, -0.25) is 29.7 Å². The predicted molar refractivity (Wildman–Crippen MR) is 142 cm³/mol. The second-order valence-electron chi connectivity index (χ2n) is 9.31. The Balaban J connectivity index is 1.30. The molecule has 210 valence electrons. The first-order chi connectivity index (χ1) is 19.2. The molecule has 2 aliphatic rings. The Labute approximate surface area is 227 Å². The van der Waals surface area contributed by atoms with Gasteiger partial charge in [-0.1, -0.05) is 0 Å². The van der Waals surface area contributed by atoms with Crippen LogP contribution in [0.1, 0.15) is 27.3 Å². The fourth-order valence-corrected chi connectivity index (χ4v) is 4.45. The van der Waals surface area contributed by atoms with E-state index in [-0.39, 0.29) is 18.1 Å². The third-order valence-electron chi connectivity index (χ3n) is 6.64. The number of alkyl halides is 4. The van der Waals surface area contributed by atoms with Gasteiger partial charge in [0.05, 0.1) is 46.4 Å². The molecule has 0 aliphatic carbocycles. The zero-order valence-electron chi connectivity index (χ0n) is 21.5. The summed E-state index contributed by atoms with van der Waals surface area (Å²) in [6.45, 7) is 5.01. The molecule has 0 saturated carbocycles. The third-order valence-corrected chi connectivity index (χ3v) is 6.64. The lowest BCUT2D eigenvalue weighted by atomic mass is 10.2. The number of aryl methyl sites for hydroxylation is 1. The number of pyridine rings is 3. The monoisotopic (exact) mass is 557 g/mol. The van der Waals surface area contributed by atoms with Crippen molar-refractivity contribution in [3.05, 3.63) is 77.8 Å². The van der Waals surface area contributed by atoms with Crippen molar-refractivity contribution < 1.29 is 22.4 Å². The van der Waals surface area contributed by atoms with Crippen LogP contribution in [0, 0.1) is 6.92 Å². The van der Waals surface area contributed by atoms with Crippen LogP contribution in [0.3, 0.4) is 0 Å². The van der Waals surface area contributed by atoms with Gasteiger partial charge >= 0.3 is 6.18 Å². The van der Waals surface area contributed by atoms with Crippen LogP contribution in [0.25, 0.3) is 5.70 Å². The van der Waals surface area contributed by atoms with E-state index in [1.165, 1.54) is 6.20 Å². The molecular formula is C26H27F4N9O. The maximum atomic E-state index is 13.0. The molecule has 3 N–H and O–H groups in total. The van der Waals surface area contributed by atoms with Crippen molar-refractivity contribution in [1.29, 1.82) is 0 Å². The normalized spacial score (nSPS) is 16.1. The van der Waals surface area contributed by atoms with Gasteiger partial charge in [0, 0.05) is 56.9 Å². The molecule has 40 heavy (non-hydrogen) atoms. The van der Waals surface area contributed by atoms with Crippen LogP contribution < -0.4 is 26.2 Å². The maximum absolute atomic E-state index is 13.0. The molecule has 0 atom stereocenters. The molecule has 0 aromatic carbocycles. The van der Waals surface area contributed by atoms with Crippen LogP contribution in [0.5, 0.6) is 0 Å². The molecule has 10 nitrogen and oxygen atoms in total. The zero-order chi connectivity index (χ0) is 28.3. The molecule has 0 bridgehead atoms. The lowest BCUT2D eigenvalue weighted by Gasteiger charge is -2.35. The van der Waals surface area contributed by atoms with Gasteiger partial charge in [-0.2, -0.15) is 13.2 Å². The zero-order valence-corrected chi connectivity index (χ0v) is 21.5. The summed E-state index contributed by atoms with van der Waals surface area (Å²) in [5.41, 5.74) is 8.88. The number of aromatic nitrogens is 3. The smallest absolute Gasteiger partial charge is 0.368 e. The topological polar surface area (TPSA) is 102 Å². The fourth-order valence-electron chi connectivity index (χ4n) is 4.45. The van der Waals surface area contributed by atoms with Crippen molar-refractivity contribution >= 4 is 28.7 Å². The number of carbonyl (C=O) groups is 1. The van der Waals surface area contributed by atoms with Crippen molar-refractivity contribution in [3.8, 4) is 0 Å². The summed E-state index contributed by atoms with van der Waals surface area (Å²) in [7, 11) is 0. The second-order valence-corrected chi connectivity index (χ2v) is 9.31. The van der Waals surface area contributed by atoms with E-state index in [4.69, 9.17) is 0 Å². The van der Waals surface area contributed by atoms with Crippen LogP contribution >= 0.6 is 0 Å². The lowest BCUT2D eigenvalue weighted by Crippen LogP contribution is -2.47. The Morgan fingerprint density at radius 2 is 1.88 bits per heavy atom. The molecule has 1 saturated heterocycles. The third kappa shape index (κ3) is 6.13. The summed E-state index contributed by atoms with van der Waals surface area (Å²) >= 11 is 0. The first-order valence-corrected chi connectivity index (χ1v) is 12.5. The molecule has 2 aliphatic heterocycles. The molecule has 0 spiro atoms. The number of hydrogen-bond donors (Lipinski definition) is 3. The summed E-state index contributed by atoms with van der Waals surface area (Å²) in [5, 5.41) is 4.24. The highest BCUT2D eigenvalue weighted by atomic mass is 19.4. The van der Waals surface area contributed by atoms with E-state index in [0.717, 1.165) is 55.4 Å². The van der Waals surface area contributed by atoms with Gasteiger partial charge in [0.1, 0.15) is 12.4 Å². The average Bonchev–Trinajstić information content (AvgIpc) is 3.45. The second kappa shape index (κ2) is 11.4. The maximum Gasteiger partial charge on any atom is 0.416 e. The van der Waals surface area contributed by atoms with Gasteiger partial charge in [0.15, 0.2) is 0 Å². The van der Waals surface area contributed by atoms with Crippen LogP contribution in [0.4, 0.5) is 34.6 Å². The standard InChI is InChI=1S/C26H27F4N9O/c1-17-24(12-20(14-33-17)34-25(40)22-11-19(2-4-32-22)26(28,29)30)39-16-23(35-36-39)18-10-21(15-31-13-18)38-8-6-37(5-3-27)7-9-38/h2,4,10-16,35-36H,3,5-9H2,1H3,(H,34,40). The molecular weight excluding hydrogens is 530 g/mol. The molecule has 5 rings (SSSR count). The molecule has 0 unspecified atom stereocenters. The van der Waals surface area contributed by atoms with E-state index in [2.05, 4.69) is 41.0 Å². The first-order valence-electron chi connectivity index (χ1n) is 12.5. The molecule has 3 aromatic rings. The van der Waals surface area contributed by atoms with E-state index in [1.807, 2.05) is 12.3 Å². The Hall–Kier alpha value is -4.30. The molecule has 0 radical (unpaired) electrons. The predicted octanol–water partition coefficient (Wildman–Crippen LogP) is 3.37. The van der Waals surface area contributed by atoms with E-state index in [9.17, 15) is 22.4 Å². The van der Waals surface area contributed by atoms with E-state index in [0.29, 0.717) is 24.0 Å².